The van der Waals surface area contributed by atoms with E-state index in [0.29, 0.717) is 0 Å². The van der Waals surface area contributed by atoms with Crippen LogP contribution in [0.2, 0.25) is 0 Å². The Hall–Kier alpha value is -1.02. The monoisotopic (exact) mass is 244 g/mol. The Kier molecular flexibility index (Phi) is 2.86. The van der Waals surface area contributed by atoms with E-state index in [4.69, 9.17) is 5.73 Å². The minimum Gasteiger partial charge on any atom is -0.371 e. The summed E-state index contributed by atoms with van der Waals surface area (Å²) in [5.41, 5.74) is 10.3. The molecule has 0 saturated heterocycles. The molecule has 2 N–H and O–H groups in total. The van der Waals surface area contributed by atoms with Gasteiger partial charge in [0.15, 0.2) is 0 Å². The van der Waals surface area contributed by atoms with Gasteiger partial charge in [0.2, 0.25) is 0 Å². The Morgan fingerprint density at radius 3 is 2.72 bits per heavy atom. The summed E-state index contributed by atoms with van der Waals surface area (Å²) < 4.78 is 0. The number of nitrogens with two attached hydrogens (primary N) is 1. The van der Waals surface area contributed by atoms with Crippen LogP contribution in [0, 0.1) is 5.92 Å². The normalized spacial score (nSPS) is 19.8. The quantitative estimate of drug-likeness (QED) is 0.885. The molecule has 1 aliphatic heterocycles. The molecule has 0 radical (unpaired) electrons. The van der Waals surface area contributed by atoms with Gasteiger partial charge in [0.25, 0.3) is 0 Å². The van der Waals surface area contributed by atoms with Crippen molar-refractivity contribution in [3.05, 3.63) is 29.3 Å². The fourth-order valence-corrected chi connectivity index (χ4v) is 3.28. The van der Waals surface area contributed by atoms with E-state index < -0.39 is 0 Å². The summed E-state index contributed by atoms with van der Waals surface area (Å²) in [5.74, 6) is 0.936. The molecule has 2 heteroatoms. The van der Waals surface area contributed by atoms with E-state index in [9.17, 15) is 0 Å². The Balaban J connectivity index is 1.87. The van der Waals surface area contributed by atoms with Crippen LogP contribution in [-0.2, 0) is 12.0 Å². The second-order valence-electron chi connectivity index (χ2n) is 6.52. The van der Waals surface area contributed by atoms with Gasteiger partial charge < -0.3 is 10.6 Å². The van der Waals surface area contributed by atoms with Crippen molar-refractivity contribution in [2.24, 2.45) is 11.7 Å². The molecule has 0 spiro atoms. The van der Waals surface area contributed by atoms with Gasteiger partial charge in [-0.2, -0.15) is 0 Å². The van der Waals surface area contributed by atoms with Crippen LogP contribution in [0.15, 0.2) is 18.2 Å². The topological polar surface area (TPSA) is 29.3 Å². The lowest BCUT2D eigenvalue weighted by Crippen LogP contribution is -2.31. The first kappa shape index (κ1) is 12.0. The SMILES string of the molecule is CC(C)(N)c1cccc2c1CCN2CC1CCC1. The maximum atomic E-state index is 6.30. The summed E-state index contributed by atoms with van der Waals surface area (Å²) in [6, 6.07) is 6.64. The van der Waals surface area contributed by atoms with E-state index in [1.165, 1.54) is 55.6 Å². The first-order valence-corrected chi connectivity index (χ1v) is 7.22. The van der Waals surface area contributed by atoms with E-state index in [0.717, 1.165) is 5.92 Å². The van der Waals surface area contributed by atoms with E-state index in [1.807, 2.05) is 0 Å². The molecular formula is C16H24N2. The Labute approximate surface area is 110 Å². The van der Waals surface area contributed by atoms with Gasteiger partial charge in [-0.05, 0) is 56.2 Å². The lowest BCUT2D eigenvalue weighted by atomic mass is 9.85. The van der Waals surface area contributed by atoms with Crippen molar-refractivity contribution in [1.82, 2.24) is 0 Å². The van der Waals surface area contributed by atoms with Crippen LogP contribution in [0.5, 0.6) is 0 Å². The Morgan fingerprint density at radius 1 is 1.33 bits per heavy atom. The number of fused-ring (bicyclic) bond motifs is 1. The van der Waals surface area contributed by atoms with Crippen molar-refractivity contribution in [1.29, 1.82) is 0 Å². The van der Waals surface area contributed by atoms with Crippen LogP contribution >= 0.6 is 0 Å². The standard InChI is InChI=1S/C16H24N2/c1-16(2,17)14-7-4-8-15-13(14)9-10-18(15)11-12-5-3-6-12/h4,7-8,12H,3,5-6,9-11,17H2,1-2H3. The Bertz CT molecular complexity index is 441. The van der Waals surface area contributed by atoms with Crippen LogP contribution < -0.4 is 10.6 Å². The smallest absolute Gasteiger partial charge is 0.0403 e. The molecule has 0 bridgehead atoms. The van der Waals surface area contributed by atoms with Gasteiger partial charge in [-0.1, -0.05) is 18.6 Å². The minimum absolute atomic E-state index is 0.224. The molecule has 1 aliphatic carbocycles. The molecular weight excluding hydrogens is 220 g/mol. The molecule has 0 unspecified atom stereocenters. The highest BCUT2D eigenvalue weighted by Gasteiger charge is 2.29. The molecule has 3 rings (SSSR count). The van der Waals surface area contributed by atoms with Crippen molar-refractivity contribution < 1.29 is 0 Å². The maximum Gasteiger partial charge on any atom is 0.0403 e. The number of hydrogen-bond acceptors (Lipinski definition) is 2. The Morgan fingerprint density at radius 2 is 2.11 bits per heavy atom. The van der Waals surface area contributed by atoms with E-state index in [-0.39, 0.29) is 5.54 Å². The first-order chi connectivity index (χ1) is 8.55. The van der Waals surface area contributed by atoms with Crippen molar-refractivity contribution in [3.8, 4) is 0 Å². The third kappa shape index (κ3) is 2.03. The molecule has 1 aromatic rings. The zero-order valence-electron chi connectivity index (χ0n) is 11.6. The van der Waals surface area contributed by atoms with Crippen LogP contribution in [0.25, 0.3) is 0 Å². The molecule has 1 fully saturated rings. The van der Waals surface area contributed by atoms with Crippen LogP contribution in [0.4, 0.5) is 5.69 Å². The van der Waals surface area contributed by atoms with Gasteiger partial charge in [0.1, 0.15) is 0 Å². The van der Waals surface area contributed by atoms with Crippen LogP contribution in [0.3, 0.4) is 0 Å². The summed E-state index contributed by atoms with van der Waals surface area (Å²) in [6.07, 6.45) is 5.45. The van der Waals surface area contributed by atoms with Crippen LogP contribution in [0.1, 0.15) is 44.2 Å². The van der Waals surface area contributed by atoms with Gasteiger partial charge >= 0.3 is 0 Å². The van der Waals surface area contributed by atoms with Gasteiger partial charge in [-0.3, -0.25) is 0 Å². The first-order valence-electron chi connectivity index (χ1n) is 7.22. The van der Waals surface area contributed by atoms with Crippen molar-refractivity contribution in [3.63, 3.8) is 0 Å². The molecule has 18 heavy (non-hydrogen) atoms. The highest BCUT2D eigenvalue weighted by Crippen LogP contribution is 2.37. The summed E-state index contributed by atoms with van der Waals surface area (Å²) in [4.78, 5) is 2.58. The lowest BCUT2D eigenvalue weighted by Gasteiger charge is -2.32. The minimum atomic E-state index is -0.224. The third-order valence-electron chi connectivity index (χ3n) is 4.52. The van der Waals surface area contributed by atoms with Crippen LogP contribution in [-0.4, -0.2) is 13.1 Å². The number of benzene rings is 1. The number of rotatable bonds is 3. The maximum absolute atomic E-state index is 6.30. The van der Waals surface area contributed by atoms with E-state index in [2.05, 4.69) is 36.9 Å². The second-order valence-corrected chi connectivity index (χ2v) is 6.52. The molecule has 0 amide bonds. The largest absolute Gasteiger partial charge is 0.371 e. The fraction of sp³-hybridized carbons (Fsp3) is 0.625. The van der Waals surface area contributed by atoms with Crippen molar-refractivity contribution in [2.75, 3.05) is 18.0 Å². The molecule has 1 aromatic carbocycles. The lowest BCUT2D eigenvalue weighted by molar-refractivity contribution is 0.319. The summed E-state index contributed by atoms with van der Waals surface area (Å²) in [6.45, 7) is 6.65. The van der Waals surface area contributed by atoms with Gasteiger partial charge in [-0.25, -0.2) is 0 Å². The highest BCUT2D eigenvalue weighted by atomic mass is 15.1. The number of hydrogen-bond donors (Lipinski definition) is 1. The van der Waals surface area contributed by atoms with Crippen molar-refractivity contribution in [2.45, 2.75) is 45.1 Å². The predicted octanol–water partition coefficient (Wildman–Crippen LogP) is 3.04. The fourth-order valence-electron chi connectivity index (χ4n) is 3.28. The van der Waals surface area contributed by atoms with E-state index in [1.54, 1.807) is 0 Å². The summed E-state index contributed by atoms with van der Waals surface area (Å²) in [7, 11) is 0. The van der Waals surface area contributed by atoms with Gasteiger partial charge in [0.05, 0.1) is 0 Å². The molecule has 0 atom stereocenters. The van der Waals surface area contributed by atoms with E-state index >= 15 is 0 Å². The molecule has 2 aliphatic rings. The average Bonchev–Trinajstić information content (AvgIpc) is 2.65. The molecule has 0 aromatic heterocycles. The summed E-state index contributed by atoms with van der Waals surface area (Å²) >= 11 is 0. The zero-order chi connectivity index (χ0) is 12.8. The second kappa shape index (κ2) is 4.27. The average molecular weight is 244 g/mol. The number of anilines is 1. The highest BCUT2D eigenvalue weighted by molar-refractivity contribution is 5.62. The molecule has 1 heterocycles. The molecule has 1 saturated carbocycles. The third-order valence-corrected chi connectivity index (χ3v) is 4.52. The summed E-state index contributed by atoms with van der Waals surface area (Å²) in [5, 5.41) is 0. The van der Waals surface area contributed by atoms with Crippen molar-refractivity contribution >= 4 is 5.69 Å². The number of nitrogens with zero attached hydrogens (tertiary/aromatic N) is 1. The molecule has 2 nitrogen and oxygen atoms in total. The zero-order valence-corrected chi connectivity index (χ0v) is 11.6. The van der Waals surface area contributed by atoms with Gasteiger partial charge in [-0.15, -0.1) is 0 Å². The molecule has 98 valence electrons. The van der Waals surface area contributed by atoms with Gasteiger partial charge in [0, 0.05) is 24.3 Å². The predicted molar refractivity (Wildman–Crippen MR) is 76.9 cm³/mol.